The first-order valence-electron chi connectivity index (χ1n) is 6.81. The number of benzene rings is 1. The Kier molecular flexibility index (Phi) is 6.33. The van der Waals surface area contributed by atoms with Crippen LogP contribution in [0.2, 0.25) is 0 Å². The first kappa shape index (κ1) is 17.9. The van der Waals surface area contributed by atoms with Gasteiger partial charge in [0.05, 0.1) is 23.3 Å². The van der Waals surface area contributed by atoms with E-state index < -0.39 is 17.4 Å². The van der Waals surface area contributed by atoms with Crippen molar-refractivity contribution in [3.05, 3.63) is 29.3 Å². The molecular formula is C15H22N2O5. The van der Waals surface area contributed by atoms with E-state index in [2.05, 4.69) is 5.32 Å². The standard InChI is InChI=1S/C15H22N2O5/c1-15(2,20)9-17-14(19)12-8-10(22-7-6-21-3)4-5-11(12)13(16)18/h4-5,8,20H,6-7,9H2,1-3H3,(H2,16,18)(H,17,19). The molecule has 0 saturated heterocycles. The number of methoxy groups -OCH3 is 1. The van der Waals surface area contributed by atoms with E-state index >= 15 is 0 Å². The van der Waals surface area contributed by atoms with Crippen molar-refractivity contribution in [1.29, 1.82) is 0 Å². The van der Waals surface area contributed by atoms with E-state index in [4.69, 9.17) is 15.2 Å². The minimum atomic E-state index is -1.06. The second kappa shape index (κ2) is 7.77. The second-order valence-electron chi connectivity index (χ2n) is 5.41. The summed E-state index contributed by atoms with van der Waals surface area (Å²) in [5, 5.41) is 12.2. The number of aliphatic hydroxyl groups is 1. The van der Waals surface area contributed by atoms with Gasteiger partial charge in [-0.05, 0) is 32.0 Å². The zero-order valence-corrected chi connectivity index (χ0v) is 13.0. The highest BCUT2D eigenvalue weighted by molar-refractivity contribution is 6.07. The van der Waals surface area contributed by atoms with Crippen molar-refractivity contribution in [3.8, 4) is 5.75 Å². The topological polar surface area (TPSA) is 111 Å². The summed E-state index contributed by atoms with van der Waals surface area (Å²) in [5.74, 6) is -0.791. The summed E-state index contributed by atoms with van der Waals surface area (Å²) in [5.41, 5.74) is 4.41. The van der Waals surface area contributed by atoms with Crippen LogP contribution in [0.25, 0.3) is 0 Å². The number of amides is 2. The lowest BCUT2D eigenvalue weighted by Crippen LogP contribution is -2.38. The molecule has 0 aliphatic rings. The molecule has 1 rings (SSSR count). The van der Waals surface area contributed by atoms with Gasteiger partial charge in [-0.2, -0.15) is 0 Å². The maximum atomic E-state index is 12.2. The molecule has 122 valence electrons. The average Bonchev–Trinajstić information content (AvgIpc) is 2.44. The first-order chi connectivity index (χ1) is 10.2. The summed E-state index contributed by atoms with van der Waals surface area (Å²) in [4.78, 5) is 23.6. The number of hydrogen-bond donors (Lipinski definition) is 3. The predicted octanol–water partition coefficient (Wildman–Crippen LogP) is 0.311. The van der Waals surface area contributed by atoms with E-state index in [1.165, 1.54) is 12.1 Å². The molecule has 0 fully saturated rings. The van der Waals surface area contributed by atoms with Gasteiger partial charge in [0, 0.05) is 13.7 Å². The SMILES string of the molecule is COCCOc1ccc(C(N)=O)c(C(=O)NCC(C)(C)O)c1. The van der Waals surface area contributed by atoms with Crippen molar-refractivity contribution in [2.75, 3.05) is 26.9 Å². The number of nitrogens with two attached hydrogens (primary N) is 1. The largest absolute Gasteiger partial charge is 0.491 e. The fourth-order valence-electron chi connectivity index (χ4n) is 1.65. The number of ether oxygens (including phenoxy) is 2. The number of nitrogens with one attached hydrogen (secondary N) is 1. The molecule has 4 N–H and O–H groups in total. The fourth-order valence-corrected chi connectivity index (χ4v) is 1.65. The molecule has 7 heteroatoms. The van der Waals surface area contributed by atoms with Gasteiger partial charge in [0.25, 0.3) is 5.91 Å². The maximum absolute atomic E-state index is 12.2. The molecule has 0 unspecified atom stereocenters. The number of rotatable bonds is 8. The lowest BCUT2D eigenvalue weighted by molar-refractivity contribution is 0.0693. The Morgan fingerprint density at radius 2 is 1.95 bits per heavy atom. The van der Waals surface area contributed by atoms with Crippen LogP contribution in [0, 0.1) is 0 Å². The zero-order valence-electron chi connectivity index (χ0n) is 13.0. The number of primary amides is 1. The van der Waals surface area contributed by atoms with Gasteiger partial charge in [0.2, 0.25) is 5.91 Å². The van der Waals surface area contributed by atoms with Gasteiger partial charge in [0.1, 0.15) is 12.4 Å². The van der Waals surface area contributed by atoms with Gasteiger partial charge < -0.3 is 25.6 Å². The highest BCUT2D eigenvalue weighted by Gasteiger charge is 2.19. The molecule has 22 heavy (non-hydrogen) atoms. The summed E-state index contributed by atoms with van der Waals surface area (Å²) >= 11 is 0. The third-order valence-corrected chi connectivity index (χ3v) is 2.74. The highest BCUT2D eigenvalue weighted by Crippen LogP contribution is 2.18. The minimum absolute atomic E-state index is 0.0405. The smallest absolute Gasteiger partial charge is 0.252 e. The van der Waals surface area contributed by atoms with E-state index in [9.17, 15) is 14.7 Å². The molecule has 0 bridgehead atoms. The third-order valence-electron chi connectivity index (χ3n) is 2.74. The predicted molar refractivity (Wildman–Crippen MR) is 81.0 cm³/mol. The molecule has 0 spiro atoms. The molecule has 0 aliphatic heterocycles. The van der Waals surface area contributed by atoms with Gasteiger partial charge in [-0.25, -0.2) is 0 Å². The second-order valence-corrected chi connectivity index (χ2v) is 5.41. The Balaban J connectivity index is 2.94. The molecular weight excluding hydrogens is 288 g/mol. The van der Waals surface area contributed by atoms with Crippen molar-refractivity contribution in [3.63, 3.8) is 0 Å². The van der Waals surface area contributed by atoms with Crippen LogP contribution >= 0.6 is 0 Å². The third kappa shape index (κ3) is 5.71. The monoisotopic (exact) mass is 310 g/mol. The Bertz CT molecular complexity index is 537. The van der Waals surface area contributed by atoms with Gasteiger partial charge in [-0.3, -0.25) is 9.59 Å². The molecule has 0 heterocycles. The van der Waals surface area contributed by atoms with Crippen LogP contribution in [-0.2, 0) is 4.74 Å². The van der Waals surface area contributed by atoms with Gasteiger partial charge in [-0.15, -0.1) is 0 Å². The van der Waals surface area contributed by atoms with Crippen LogP contribution in [-0.4, -0.2) is 49.4 Å². The summed E-state index contributed by atoms with van der Waals surface area (Å²) in [6.07, 6.45) is 0. The highest BCUT2D eigenvalue weighted by atomic mass is 16.5. The number of hydrogen-bond acceptors (Lipinski definition) is 5. The van der Waals surface area contributed by atoms with E-state index in [1.807, 2.05) is 0 Å². The van der Waals surface area contributed by atoms with Crippen LogP contribution < -0.4 is 15.8 Å². The van der Waals surface area contributed by atoms with E-state index in [1.54, 1.807) is 27.0 Å². The van der Waals surface area contributed by atoms with Crippen molar-refractivity contribution < 1.29 is 24.2 Å². The maximum Gasteiger partial charge on any atom is 0.252 e. The Morgan fingerprint density at radius 1 is 1.27 bits per heavy atom. The van der Waals surface area contributed by atoms with Crippen molar-refractivity contribution in [1.82, 2.24) is 5.32 Å². The van der Waals surface area contributed by atoms with Crippen LogP contribution in [0.5, 0.6) is 5.75 Å². The minimum Gasteiger partial charge on any atom is -0.491 e. The van der Waals surface area contributed by atoms with E-state index in [-0.39, 0.29) is 17.7 Å². The summed E-state index contributed by atoms with van der Waals surface area (Å²) in [6.45, 7) is 3.88. The molecule has 1 aromatic rings. The van der Waals surface area contributed by atoms with E-state index in [0.29, 0.717) is 19.0 Å². The van der Waals surface area contributed by atoms with Crippen LogP contribution in [0.3, 0.4) is 0 Å². The Morgan fingerprint density at radius 3 is 2.50 bits per heavy atom. The Labute approximate surface area is 129 Å². The van der Waals surface area contributed by atoms with Crippen LogP contribution in [0.4, 0.5) is 0 Å². The van der Waals surface area contributed by atoms with Crippen LogP contribution in [0.15, 0.2) is 18.2 Å². The summed E-state index contributed by atoms with van der Waals surface area (Å²) in [7, 11) is 1.55. The number of carbonyl (C=O) groups excluding carboxylic acids is 2. The summed E-state index contributed by atoms with van der Waals surface area (Å²) < 4.78 is 10.3. The van der Waals surface area contributed by atoms with Crippen molar-refractivity contribution in [2.45, 2.75) is 19.4 Å². The number of carbonyl (C=O) groups is 2. The lowest BCUT2D eigenvalue weighted by Gasteiger charge is -2.18. The average molecular weight is 310 g/mol. The molecule has 0 aromatic heterocycles. The molecule has 2 amide bonds. The fraction of sp³-hybridized carbons (Fsp3) is 0.467. The molecule has 0 radical (unpaired) electrons. The molecule has 0 aliphatic carbocycles. The molecule has 7 nitrogen and oxygen atoms in total. The quantitative estimate of drug-likeness (QED) is 0.599. The summed E-state index contributed by atoms with van der Waals surface area (Å²) in [6, 6.07) is 4.43. The van der Waals surface area contributed by atoms with Gasteiger partial charge in [-0.1, -0.05) is 0 Å². The van der Waals surface area contributed by atoms with Crippen LogP contribution in [0.1, 0.15) is 34.6 Å². The molecule has 0 saturated carbocycles. The lowest BCUT2D eigenvalue weighted by atomic mass is 10.0. The van der Waals surface area contributed by atoms with E-state index in [0.717, 1.165) is 0 Å². The zero-order chi connectivity index (χ0) is 16.8. The molecule has 1 aromatic carbocycles. The normalized spacial score (nSPS) is 11.1. The van der Waals surface area contributed by atoms with Crippen molar-refractivity contribution >= 4 is 11.8 Å². The van der Waals surface area contributed by atoms with Gasteiger partial charge in [0.15, 0.2) is 0 Å². The van der Waals surface area contributed by atoms with Crippen molar-refractivity contribution in [2.24, 2.45) is 5.73 Å². The molecule has 0 atom stereocenters. The first-order valence-corrected chi connectivity index (χ1v) is 6.81. The van der Waals surface area contributed by atoms with Gasteiger partial charge >= 0.3 is 0 Å². The Hall–Kier alpha value is -2.12.